The molecule has 8 heteroatoms. The zero-order chi connectivity index (χ0) is 17.2. The molecule has 3 rings (SSSR count). The SMILES string of the molecule is C[C@@H](N=C1NS(=O)(=O)c2ccccc21)C(=O)NCCc1cccs1. The molecule has 1 aliphatic rings. The number of nitrogens with zero attached hydrogens (tertiary/aromatic N) is 1. The maximum Gasteiger partial charge on any atom is 0.263 e. The van der Waals surface area contributed by atoms with E-state index in [4.69, 9.17) is 0 Å². The molecular formula is C16H17N3O3S2. The number of carbonyl (C=O) groups is 1. The van der Waals surface area contributed by atoms with Crippen LogP contribution in [0, 0.1) is 0 Å². The van der Waals surface area contributed by atoms with Crippen LogP contribution in [0.2, 0.25) is 0 Å². The van der Waals surface area contributed by atoms with E-state index in [1.807, 2.05) is 17.5 Å². The number of nitrogens with one attached hydrogen (secondary N) is 2. The van der Waals surface area contributed by atoms with Crippen molar-refractivity contribution in [2.24, 2.45) is 4.99 Å². The fraction of sp³-hybridized carbons (Fsp3) is 0.250. The third kappa shape index (κ3) is 3.49. The molecule has 6 nitrogen and oxygen atoms in total. The molecule has 2 heterocycles. The number of thiophene rings is 1. The van der Waals surface area contributed by atoms with Gasteiger partial charge in [-0.15, -0.1) is 11.3 Å². The number of hydrogen-bond acceptors (Lipinski definition) is 5. The average molecular weight is 363 g/mol. The van der Waals surface area contributed by atoms with Crippen molar-refractivity contribution >= 4 is 33.1 Å². The summed E-state index contributed by atoms with van der Waals surface area (Å²) in [6.45, 7) is 2.17. The Hall–Kier alpha value is -2.19. The molecule has 1 atom stereocenters. The van der Waals surface area contributed by atoms with Gasteiger partial charge in [-0.2, -0.15) is 0 Å². The molecule has 0 unspecified atom stereocenters. The van der Waals surface area contributed by atoms with E-state index < -0.39 is 16.1 Å². The number of benzene rings is 1. The molecule has 1 aromatic carbocycles. The summed E-state index contributed by atoms with van der Waals surface area (Å²) < 4.78 is 26.5. The first-order chi connectivity index (χ1) is 11.5. The lowest BCUT2D eigenvalue weighted by Crippen LogP contribution is -2.35. The summed E-state index contributed by atoms with van der Waals surface area (Å²) in [4.78, 5) is 17.8. The maximum absolute atomic E-state index is 12.1. The van der Waals surface area contributed by atoms with Gasteiger partial charge in [-0.3, -0.25) is 14.5 Å². The molecule has 1 amide bonds. The molecule has 0 bridgehead atoms. The molecule has 0 spiro atoms. The van der Waals surface area contributed by atoms with Gasteiger partial charge in [0.1, 0.15) is 11.9 Å². The molecule has 0 radical (unpaired) electrons. The largest absolute Gasteiger partial charge is 0.354 e. The summed E-state index contributed by atoms with van der Waals surface area (Å²) in [6.07, 6.45) is 0.766. The Morgan fingerprint density at radius 2 is 2.08 bits per heavy atom. The number of fused-ring (bicyclic) bond motifs is 1. The summed E-state index contributed by atoms with van der Waals surface area (Å²) in [5.74, 6) is -0.0193. The van der Waals surface area contributed by atoms with E-state index in [9.17, 15) is 13.2 Å². The maximum atomic E-state index is 12.1. The number of rotatable bonds is 5. The highest BCUT2D eigenvalue weighted by atomic mass is 32.2. The lowest BCUT2D eigenvalue weighted by Gasteiger charge is -2.09. The van der Waals surface area contributed by atoms with E-state index in [2.05, 4.69) is 15.0 Å². The zero-order valence-corrected chi connectivity index (χ0v) is 14.7. The highest BCUT2D eigenvalue weighted by Crippen LogP contribution is 2.22. The molecule has 24 heavy (non-hydrogen) atoms. The van der Waals surface area contributed by atoms with Crippen molar-refractivity contribution in [2.45, 2.75) is 24.3 Å². The van der Waals surface area contributed by atoms with Crippen LogP contribution in [0.1, 0.15) is 17.4 Å². The van der Waals surface area contributed by atoms with Crippen LogP contribution in [0.15, 0.2) is 51.7 Å². The van der Waals surface area contributed by atoms with Crippen molar-refractivity contribution in [3.63, 3.8) is 0 Å². The van der Waals surface area contributed by atoms with Gasteiger partial charge in [-0.05, 0) is 36.9 Å². The van der Waals surface area contributed by atoms with Crippen LogP contribution in [0.4, 0.5) is 0 Å². The van der Waals surface area contributed by atoms with Gasteiger partial charge in [0.05, 0.1) is 4.90 Å². The van der Waals surface area contributed by atoms with E-state index in [1.54, 1.807) is 36.5 Å². The number of amides is 1. The minimum atomic E-state index is -3.58. The van der Waals surface area contributed by atoms with Crippen molar-refractivity contribution in [2.75, 3.05) is 6.54 Å². The Labute approximate surface area is 144 Å². The molecular weight excluding hydrogens is 346 g/mol. The molecule has 0 aliphatic carbocycles. The quantitative estimate of drug-likeness (QED) is 0.844. The predicted molar refractivity (Wildman–Crippen MR) is 93.8 cm³/mol. The summed E-state index contributed by atoms with van der Waals surface area (Å²) >= 11 is 1.65. The molecule has 1 aliphatic heterocycles. The van der Waals surface area contributed by atoms with Gasteiger partial charge >= 0.3 is 0 Å². The van der Waals surface area contributed by atoms with Crippen LogP contribution in [0.5, 0.6) is 0 Å². The van der Waals surface area contributed by atoms with Crippen molar-refractivity contribution in [1.29, 1.82) is 0 Å². The van der Waals surface area contributed by atoms with Gasteiger partial charge in [-0.25, -0.2) is 8.42 Å². The Balaban J connectivity index is 1.66. The monoisotopic (exact) mass is 363 g/mol. The molecule has 0 saturated heterocycles. The number of sulfonamides is 1. The third-order valence-electron chi connectivity index (χ3n) is 3.62. The minimum Gasteiger partial charge on any atom is -0.354 e. The van der Waals surface area contributed by atoms with Crippen molar-refractivity contribution in [3.05, 3.63) is 52.2 Å². The van der Waals surface area contributed by atoms with Gasteiger partial charge in [0.25, 0.3) is 10.0 Å². The van der Waals surface area contributed by atoms with E-state index >= 15 is 0 Å². The van der Waals surface area contributed by atoms with Crippen LogP contribution in [-0.2, 0) is 21.2 Å². The van der Waals surface area contributed by atoms with Crippen LogP contribution in [-0.4, -0.2) is 32.7 Å². The lowest BCUT2D eigenvalue weighted by molar-refractivity contribution is -0.121. The normalized spacial score (nSPS) is 18.0. The fourth-order valence-corrected chi connectivity index (χ4v) is 4.34. The van der Waals surface area contributed by atoms with Gasteiger partial charge in [0, 0.05) is 17.0 Å². The first-order valence-electron chi connectivity index (χ1n) is 7.47. The smallest absolute Gasteiger partial charge is 0.263 e. The standard InChI is InChI=1S/C16H17N3O3S2/c1-11(16(20)17-9-8-12-5-4-10-23-12)18-15-13-6-2-3-7-14(13)24(21,22)19-15/h2-7,10-11H,8-9H2,1H3,(H,17,20)(H,18,19)/t11-/m1/s1. The molecule has 1 aromatic heterocycles. The Bertz CT molecular complexity index is 874. The lowest BCUT2D eigenvalue weighted by atomic mass is 10.2. The van der Waals surface area contributed by atoms with Crippen molar-refractivity contribution in [3.8, 4) is 0 Å². The van der Waals surface area contributed by atoms with E-state index in [0.29, 0.717) is 12.1 Å². The summed E-state index contributed by atoms with van der Waals surface area (Å²) in [7, 11) is -3.58. The second-order valence-corrected chi connectivity index (χ2v) is 8.06. The van der Waals surface area contributed by atoms with Crippen molar-refractivity contribution < 1.29 is 13.2 Å². The molecule has 0 saturated carbocycles. The zero-order valence-electron chi connectivity index (χ0n) is 13.0. The second kappa shape index (κ2) is 6.74. The summed E-state index contributed by atoms with van der Waals surface area (Å²) in [5, 5.41) is 4.82. The highest BCUT2D eigenvalue weighted by Gasteiger charge is 2.31. The Morgan fingerprint density at radius 3 is 2.83 bits per heavy atom. The topological polar surface area (TPSA) is 87.6 Å². The van der Waals surface area contributed by atoms with Crippen LogP contribution in [0.25, 0.3) is 0 Å². The third-order valence-corrected chi connectivity index (χ3v) is 5.95. The van der Waals surface area contributed by atoms with Crippen LogP contribution >= 0.6 is 11.3 Å². The van der Waals surface area contributed by atoms with E-state index in [1.165, 1.54) is 10.9 Å². The molecule has 126 valence electrons. The van der Waals surface area contributed by atoms with Gasteiger partial charge in [-0.1, -0.05) is 18.2 Å². The predicted octanol–water partition coefficient (Wildman–Crippen LogP) is 1.53. The summed E-state index contributed by atoms with van der Waals surface area (Å²) in [6, 6.07) is 9.89. The van der Waals surface area contributed by atoms with Gasteiger partial charge in [0.15, 0.2) is 0 Å². The Kier molecular flexibility index (Phi) is 4.68. The molecule has 0 fully saturated rings. The fourth-order valence-electron chi connectivity index (χ4n) is 2.39. The van der Waals surface area contributed by atoms with Gasteiger partial charge in [0.2, 0.25) is 5.91 Å². The minimum absolute atomic E-state index is 0.189. The highest BCUT2D eigenvalue weighted by molar-refractivity contribution is 7.90. The number of hydrogen-bond donors (Lipinski definition) is 2. The van der Waals surface area contributed by atoms with Gasteiger partial charge < -0.3 is 5.32 Å². The van der Waals surface area contributed by atoms with Crippen LogP contribution < -0.4 is 10.0 Å². The number of carbonyl (C=O) groups excluding carboxylic acids is 1. The molecule has 2 N–H and O–H groups in total. The summed E-state index contributed by atoms with van der Waals surface area (Å²) in [5.41, 5.74) is 0.496. The van der Waals surface area contributed by atoms with E-state index in [-0.39, 0.29) is 16.6 Å². The first-order valence-corrected chi connectivity index (χ1v) is 9.84. The van der Waals surface area contributed by atoms with Crippen LogP contribution in [0.3, 0.4) is 0 Å². The van der Waals surface area contributed by atoms with E-state index in [0.717, 1.165) is 6.42 Å². The number of aliphatic imine (C=N–C) groups is 1. The number of amidine groups is 1. The second-order valence-electron chi connectivity index (χ2n) is 5.38. The average Bonchev–Trinajstić information content (AvgIpc) is 3.15. The first kappa shape index (κ1) is 16.7. The molecule has 2 aromatic rings. The van der Waals surface area contributed by atoms with Crippen molar-refractivity contribution in [1.82, 2.24) is 10.0 Å². The Morgan fingerprint density at radius 1 is 1.29 bits per heavy atom.